The van der Waals surface area contributed by atoms with Gasteiger partial charge in [-0.05, 0) is 145 Å². The number of methoxy groups -OCH3 is 2. The number of hydrogen-bond acceptors (Lipinski definition) is 12. The normalized spacial score (nSPS) is 9.79. The number of ether oxygens (including phenoxy) is 2. The Kier molecular flexibility index (Phi) is 32.6. The minimum Gasteiger partial charge on any atom is -0.497 e. The first-order valence-electron chi connectivity index (χ1n) is 19.8. The molecule has 1 radical (unpaired) electrons. The second-order valence-electron chi connectivity index (χ2n) is 14.4. The van der Waals surface area contributed by atoms with Gasteiger partial charge in [-0.1, -0.05) is 42.0 Å². The molecule has 0 amide bonds. The van der Waals surface area contributed by atoms with E-state index in [0.29, 0.717) is 6.54 Å². The minimum absolute atomic E-state index is 0. The van der Waals surface area contributed by atoms with Crippen LogP contribution in [0.1, 0.15) is 40.3 Å². The van der Waals surface area contributed by atoms with Crippen molar-refractivity contribution in [2.24, 2.45) is 5.73 Å². The Bertz CT molecular complexity index is 2010. The second-order valence-corrected chi connectivity index (χ2v) is 16.2. The zero-order valence-corrected chi connectivity index (χ0v) is 43.2. The first-order valence-corrected chi connectivity index (χ1v) is 21.4. The van der Waals surface area contributed by atoms with E-state index in [1.165, 1.54) is 27.8 Å². The SMILES string of the molecule is CN(C)Cc1cncc(Br)c1.CN(C)Cc1cncc(N)c1.COc1ccc(CNc2cncc(CN(C)C)c2)cc1.COc1cncc(Br)c1.Cc1ccc(CN)cc1.[CH2-]C.[V]. The van der Waals surface area contributed by atoms with Crippen LogP contribution in [0.15, 0.2) is 131 Å². The van der Waals surface area contributed by atoms with Crippen molar-refractivity contribution in [3.63, 3.8) is 0 Å². The number of hydrogen-bond donors (Lipinski definition) is 3. The topological polar surface area (TPSA) is 144 Å². The molecule has 0 unspecified atom stereocenters. The molecule has 6 aromatic rings. The fourth-order valence-corrected chi connectivity index (χ4v) is 5.83. The van der Waals surface area contributed by atoms with E-state index in [4.69, 9.17) is 20.9 Å². The molecule has 2 aromatic carbocycles. The molecule has 0 spiro atoms. The maximum Gasteiger partial charge on any atom is 0.138 e. The Morgan fingerprint density at radius 3 is 1.44 bits per heavy atom. The Hall–Kier alpha value is -4.38. The molecule has 4 heterocycles. The zero-order valence-electron chi connectivity index (χ0n) is 38.6. The largest absolute Gasteiger partial charge is 0.497 e. The van der Waals surface area contributed by atoms with Gasteiger partial charge in [0.15, 0.2) is 0 Å². The molecule has 5 N–H and O–H groups in total. The van der Waals surface area contributed by atoms with Gasteiger partial charge in [0.05, 0.1) is 31.8 Å². The average Bonchev–Trinajstić information content (AvgIpc) is 3.24. The number of rotatable bonds is 12. The monoisotopic (exact) mass is 1020 g/mol. The summed E-state index contributed by atoms with van der Waals surface area (Å²) in [7, 11) is 15.5. The summed E-state index contributed by atoms with van der Waals surface area (Å²) in [5, 5.41) is 3.39. The number of pyridine rings is 4. The van der Waals surface area contributed by atoms with Gasteiger partial charge >= 0.3 is 0 Å². The van der Waals surface area contributed by atoms with Gasteiger partial charge in [-0.2, -0.15) is 6.92 Å². The van der Waals surface area contributed by atoms with Crippen LogP contribution in [0.5, 0.6) is 11.5 Å². The predicted molar refractivity (Wildman–Crippen MR) is 266 cm³/mol. The zero-order chi connectivity index (χ0) is 46.3. The van der Waals surface area contributed by atoms with Crippen LogP contribution in [-0.2, 0) is 51.3 Å². The molecule has 0 aliphatic rings. The summed E-state index contributed by atoms with van der Waals surface area (Å²) in [6.07, 6.45) is 14.3. The van der Waals surface area contributed by atoms with Crippen LogP contribution in [0.2, 0.25) is 0 Å². The Balaban J connectivity index is 0.000000782. The van der Waals surface area contributed by atoms with Crippen molar-refractivity contribution in [3.05, 3.63) is 172 Å². The third kappa shape index (κ3) is 28.8. The van der Waals surface area contributed by atoms with Crippen LogP contribution in [0.4, 0.5) is 11.4 Å². The Morgan fingerprint density at radius 1 is 0.556 bits per heavy atom. The van der Waals surface area contributed by atoms with Crippen molar-refractivity contribution in [2.75, 3.05) is 67.6 Å². The van der Waals surface area contributed by atoms with E-state index in [0.717, 1.165) is 63.6 Å². The van der Waals surface area contributed by atoms with Gasteiger partial charge < -0.3 is 47.9 Å². The first kappa shape index (κ1) is 58.6. The molecule has 0 aliphatic carbocycles. The van der Waals surface area contributed by atoms with Crippen LogP contribution in [0, 0.1) is 13.8 Å². The van der Waals surface area contributed by atoms with E-state index >= 15 is 0 Å². The van der Waals surface area contributed by atoms with Crippen molar-refractivity contribution in [3.8, 4) is 11.5 Å². The number of aromatic nitrogens is 4. The summed E-state index contributed by atoms with van der Waals surface area (Å²) in [5.41, 5.74) is 20.0. The van der Waals surface area contributed by atoms with Gasteiger partial charge in [-0.3, -0.25) is 19.9 Å². The molecule has 4 aromatic heterocycles. The molecule has 0 aliphatic heterocycles. The van der Waals surface area contributed by atoms with E-state index in [-0.39, 0.29) is 18.6 Å². The number of nitrogen functional groups attached to an aromatic ring is 1. The number of nitrogens with one attached hydrogen (secondary N) is 1. The fourth-order valence-electron chi connectivity index (χ4n) is 5.08. The summed E-state index contributed by atoms with van der Waals surface area (Å²) in [6.45, 7) is 11.2. The standard InChI is InChI=1S/C16H21N3O.C8H11BrN2.C8H13N3.C8H11N.C6H6BrNO.C2H5.V/c1-19(2)12-14-8-15(11-17-9-14)18-10-13-4-6-16(20-3)7-5-13;2*1-11(2)6-7-3-8(9)5-10-4-7;1-7-2-4-8(6-9)5-3-7;1-9-6-2-5(7)3-8-4-6;1-2;/h4-9,11,18H,10,12H2,1-3H3;3-5H,6H2,1-2H3;3-5H,6,9H2,1-2H3;2-5H,6,9H2,1H3;2-4H,1H3;1H2,2H3;/q;;;;;-1;. The van der Waals surface area contributed by atoms with E-state index in [2.05, 4.69) is 148 Å². The maximum atomic E-state index is 5.55. The predicted octanol–water partition coefficient (Wildman–Crippen LogP) is 9.54. The fraction of sp³-hybridized carbons (Fsp3) is 0.312. The number of anilines is 2. The maximum absolute atomic E-state index is 5.55. The molecule has 0 atom stereocenters. The average molecular weight is 1030 g/mol. The van der Waals surface area contributed by atoms with E-state index in [1.807, 2.05) is 77.2 Å². The molecule has 341 valence electrons. The molecule has 15 heteroatoms. The van der Waals surface area contributed by atoms with Crippen LogP contribution < -0.4 is 26.3 Å². The molecule has 0 fully saturated rings. The van der Waals surface area contributed by atoms with Crippen LogP contribution >= 0.6 is 31.9 Å². The first-order chi connectivity index (χ1) is 29.7. The van der Waals surface area contributed by atoms with Crippen molar-refractivity contribution in [1.29, 1.82) is 0 Å². The molecule has 12 nitrogen and oxygen atoms in total. The van der Waals surface area contributed by atoms with Crippen LogP contribution in [0.3, 0.4) is 0 Å². The summed E-state index contributed by atoms with van der Waals surface area (Å²) in [6, 6.07) is 24.3. The number of aryl methyl sites for hydroxylation is 1. The Labute approximate surface area is 406 Å². The molecule has 0 saturated heterocycles. The van der Waals surface area contributed by atoms with Gasteiger partial charge in [-0.25, -0.2) is 0 Å². The van der Waals surface area contributed by atoms with Crippen LogP contribution in [-0.4, -0.2) is 91.1 Å². The van der Waals surface area contributed by atoms with Gasteiger partial charge in [0, 0.05) is 104 Å². The second kappa shape index (κ2) is 35.0. The van der Waals surface area contributed by atoms with Gasteiger partial charge in [-0.15, -0.1) is 0 Å². The number of benzene rings is 2. The summed E-state index contributed by atoms with van der Waals surface area (Å²) in [4.78, 5) is 22.5. The van der Waals surface area contributed by atoms with Crippen molar-refractivity contribution in [2.45, 2.75) is 46.6 Å². The quantitative estimate of drug-likeness (QED) is 0.101. The molecule has 0 saturated carbocycles. The Morgan fingerprint density at radius 2 is 1.00 bits per heavy atom. The van der Waals surface area contributed by atoms with Crippen molar-refractivity contribution >= 4 is 43.2 Å². The molecular formula is C48H67Br2N10O2V-. The summed E-state index contributed by atoms with van der Waals surface area (Å²) < 4.78 is 12.0. The number of nitrogens with two attached hydrogens (primary N) is 2. The van der Waals surface area contributed by atoms with Gasteiger partial charge in [0.25, 0.3) is 0 Å². The third-order valence-corrected chi connectivity index (χ3v) is 8.66. The van der Waals surface area contributed by atoms with Crippen molar-refractivity contribution < 1.29 is 28.0 Å². The molecule has 63 heavy (non-hydrogen) atoms. The summed E-state index contributed by atoms with van der Waals surface area (Å²) >= 11 is 6.63. The third-order valence-electron chi connectivity index (χ3n) is 7.80. The van der Waals surface area contributed by atoms with E-state index < -0.39 is 0 Å². The van der Waals surface area contributed by atoms with Crippen molar-refractivity contribution in [1.82, 2.24) is 34.6 Å². The number of nitrogens with zero attached hydrogens (tertiary/aromatic N) is 7. The van der Waals surface area contributed by atoms with E-state index in [1.54, 1.807) is 45.9 Å². The molecular weight excluding hydrogens is 959 g/mol. The summed E-state index contributed by atoms with van der Waals surface area (Å²) in [5.74, 6) is 1.65. The van der Waals surface area contributed by atoms with Gasteiger partial charge in [0.2, 0.25) is 0 Å². The van der Waals surface area contributed by atoms with E-state index in [9.17, 15) is 0 Å². The molecule has 6 rings (SSSR count). The minimum atomic E-state index is 0. The smallest absolute Gasteiger partial charge is 0.138 e. The number of halogens is 2. The molecule has 0 bridgehead atoms. The van der Waals surface area contributed by atoms with Gasteiger partial charge in [0.1, 0.15) is 11.5 Å². The van der Waals surface area contributed by atoms with Crippen LogP contribution in [0.25, 0.3) is 0 Å².